The van der Waals surface area contributed by atoms with Crippen LogP contribution in [0.25, 0.3) is 0 Å². The highest BCUT2D eigenvalue weighted by Gasteiger charge is 2.16. The highest BCUT2D eigenvalue weighted by atomic mass is 16.5. The third-order valence-corrected chi connectivity index (χ3v) is 3.33. The number of anilines is 2. The third kappa shape index (κ3) is 3.39. The normalized spacial score (nSPS) is 13.8. The van der Waals surface area contributed by atoms with E-state index in [1.165, 1.54) is 7.11 Å². The Morgan fingerprint density at radius 3 is 2.67 bits per heavy atom. The third-order valence-electron chi connectivity index (χ3n) is 3.33. The van der Waals surface area contributed by atoms with Gasteiger partial charge in [0.05, 0.1) is 12.7 Å². The summed E-state index contributed by atoms with van der Waals surface area (Å²) in [5.41, 5.74) is 7.50. The number of methoxy groups -OCH3 is 1. The second-order valence-electron chi connectivity index (χ2n) is 4.62. The molecule has 18 heavy (non-hydrogen) atoms. The number of ether oxygens (including phenoxy) is 1. The van der Waals surface area contributed by atoms with Gasteiger partial charge in [-0.2, -0.15) is 0 Å². The van der Waals surface area contributed by atoms with E-state index in [0.717, 1.165) is 12.1 Å². The molecule has 0 radical (unpaired) electrons. The van der Waals surface area contributed by atoms with Crippen molar-refractivity contribution in [2.75, 3.05) is 18.2 Å². The molecule has 2 atom stereocenters. The maximum atomic E-state index is 11.7. The highest BCUT2D eigenvalue weighted by molar-refractivity contribution is 5.96. The molecular formula is C14H22N2O2. The molecule has 0 spiro atoms. The summed E-state index contributed by atoms with van der Waals surface area (Å²) in [6.07, 6.45) is 1.08. The van der Waals surface area contributed by atoms with Crippen LogP contribution in [-0.2, 0) is 4.74 Å². The van der Waals surface area contributed by atoms with Gasteiger partial charge in [0.2, 0.25) is 0 Å². The molecule has 0 amide bonds. The molecule has 0 aliphatic heterocycles. The van der Waals surface area contributed by atoms with Crippen molar-refractivity contribution in [1.82, 2.24) is 0 Å². The topological polar surface area (TPSA) is 64.3 Å². The zero-order chi connectivity index (χ0) is 13.7. The molecule has 4 heteroatoms. The fourth-order valence-corrected chi connectivity index (χ4v) is 1.71. The number of hydrogen-bond donors (Lipinski definition) is 2. The van der Waals surface area contributed by atoms with Gasteiger partial charge in [-0.25, -0.2) is 4.79 Å². The van der Waals surface area contributed by atoms with Crippen molar-refractivity contribution in [3.8, 4) is 0 Å². The van der Waals surface area contributed by atoms with E-state index in [1.807, 2.05) is 6.07 Å². The van der Waals surface area contributed by atoms with Gasteiger partial charge in [0, 0.05) is 17.4 Å². The van der Waals surface area contributed by atoms with Crippen LogP contribution in [0, 0.1) is 5.92 Å². The molecule has 100 valence electrons. The molecule has 0 aromatic heterocycles. The second-order valence-corrected chi connectivity index (χ2v) is 4.62. The van der Waals surface area contributed by atoms with E-state index in [1.54, 1.807) is 12.1 Å². The van der Waals surface area contributed by atoms with E-state index in [4.69, 9.17) is 10.5 Å². The molecule has 0 heterocycles. The SMILES string of the molecule is CCC(C)C(C)Nc1ccc(N)cc1C(=O)OC. The Morgan fingerprint density at radius 2 is 2.11 bits per heavy atom. The number of hydrogen-bond acceptors (Lipinski definition) is 4. The lowest BCUT2D eigenvalue weighted by molar-refractivity contribution is 0.0602. The molecule has 1 aromatic rings. The van der Waals surface area contributed by atoms with E-state index in [0.29, 0.717) is 17.2 Å². The molecule has 1 aromatic carbocycles. The number of nitrogens with one attached hydrogen (secondary N) is 1. The number of carbonyl (C=O) groups excluding carboxylic acids is 1. The fourth-order valence-electron chi connectivity index (χ4n) is 1.71. The second kappa shape index (κ2) is 6.28. The van der Waals surface area contributed by atoms with Crippen LogP contribution >= 0.6 is 0 Å². The van der Waals surface area contributed by atoms with Gasteiger partial charge in [0.1, 0.15) is 0 Å². The van der Waals surface area contributed by atoms with Crippen LogP contribution in [0.5, 0.6) is 0 Å². The number of benzene rings is 1. The molecule has 3 N–H and O–H groups in total. The molecular weight excluding hydrogens is 228 g/mol. The first-order chi connectivity index (χ1) is 8.49. The predicted octanol–water partition coefficient (Wildman–Crippen LogP) is 2.90. The smallest absolute Gasteiger partial charge is 0.340 e. The average Bonchev–Trinajstić information content (AvgIpc) is 2.38. The molecule has 2 unspecified atom stereocenters. The van der Waals surface area contributed by atoms with Gasteiger partial charge in [-0.1, -0.05) is 20.3 Å². The summed E-state index contributed by atoms with van der Waals surface area (Å²) in [4.78, 5) is 11.7. The van der Waals surface area contributed by atoms with Gasteiger partial charge >= 0.3 is 5.97 Å². The van der Waals surface area contributed by atoms with Crippen LogP contribution in [0.2, 0.25) is 0 Å². The molecule has 1 rings (SSSR count). The van der Waals surface area contributed by atoms with Gasteiger partial charge in [-0.3, -0.25) is 0 Å². The maximum Gasteiger partial charge on any atom is 0.340 e. The minimum Gasteiger partial charge on any atom is -0.465 e. The number of esters is 1. The summed E-state index contributed by atoms with van der Waals surface area (Å²) in [6.45, 7) is 6.42. The van der Waals surface area contributed by atoms with Crippen molar-refractivity contribution in [3.63, 3.8) is 0 Å². The average molecular weight is 250 g/mol. The van der Waals surface area contributed by atoms with Crippen LogP contribution in [-0.4, -0.2) is 19.1 Å². The molecule has 0 fully saturated rings. The van der Waals surface area contributed by atoms with Crippen molar-refractivity contribution in [1.29, 1.82) is 0 Å². The van der Waals surface area contributed by atoms with Gasteiger partial charge < -0.3 is 15.8 Å². The van der Waals surface area contributed by atoms with Crippen LogP contribution in [0.1, 0.15) is 37.6 Å². The Morgan fingerprint density at radius 1 is 1.44 bits per heavy atom. The van der Waals surface area contributed by atoms with E-state index in [2.05, 4.69) is 26.1 Å². The van der Waals surface area contributed by atoms with Crippen LogP contribution < -0.4 is 11.1 Å². The summed E-state index contributed by atoms with van der Waals surface area (Å²) < 4.78 is 4.77. The standard InChI is InChI=1S/C14H22N2O2/c1-5-9(2)10(3)16-13-7-6-11(15)8-12(13)14(17)18-4/h6-10,16H,5,15H2,1-4H3. The zero-order valence-corrected chi connectivity index (χ0v) is 11.5. The minimum atomic E-state index is -0.374. The summed E-state index contributed by atoms with van der Waals surface area (Å²) in [7, 11) is 1.37. The lowest BCUT2D eigenvalue weighted by atomic mass is 10.00. The Kier molecular flexibility index (Phi) is 5.01. The van der Waals surface area contributed by atoms with Crippen LogP contribution in [0.15, 0.2) is 18.2 Å². The van der Waals surface area contributed by atoms with Gasteiger partial charge in [0.15, 0.2) is 0 Å². The van der Waals surface area contributed by atoms with Crippen LogP contribution in [0.3, 0.4) is 0 Å². The van der Waals surface area contributed by atoms with Crippen molar-refractivity contribution < 1.29 is 9.53 Å². The van der Waals surface area contributed by atoms with E-state index >= 15 is 0 Å². The minimum absolute atomic E-state index is 0.280. The Bertz CT molecular complexity index is 418. The summed E-state index contributed by atoms with van der Waals surface area (Å²) in [5.74, 6) is 0.147. The first-order valence-electron chi connectivity index (χ1n) is 6.24. The van der Waals surface area contributed by atoms with E-state index in [-0.39, 0.29) is 12.0 Å². The first kappa shape index (κ1) is 14.4. The molecule has 0 saturated heterocycles. The van der Waals surface area contributed by atoms with E-state index in [9.17, 15) is 4.79 Å². The molecule has 0 bridgehead atoms. The van der Waals surface area contributed by atoms with Crippen LogP contribution in [0.4, 0.5) is 11.4 Å². The van der Waals surface area contributed by atoms with Gasteiger partial charge in [-0.05, 0) is 31.0 Å². The number of nitrogen functional groups attached to an aromatic ring is 1. The van der Waals surface area contributed by atoms with E-state index < -0.39 is 0 Å². The maximum absolute atomic E-state index is 11.7. The predicted molar refractivity (Wildman–Crippen MR) is 74.7 cm³/mol. The van der Waals surface area contributed by atoms with Crippen molar-refractivity contribution in [2.45, 2.75) is 33.2 Å². The molecule has 0 saturated carbocycles. The number of rotatable bonds is 5. The monoisotopic (exact) mass is 250 g/mol. The number of nitrogens with two attached hydrogens (primary N) is 1. The quantitative estimate of drug-likeness (QED) is 0.623. The summed E-state index contributed by atoms with van der Waals surface area (Å²) in [5, 5.41) is 3.35. The number of carbonyl (C=O) groups is 1. The van der Waals surface area contributed by atoms with Crippen molar-refractivity contribution in [2.24, 2.45) is 5.92 Å². The molecule has 0 aliphatic rings. The van der Waals surface area contributed by atoms with Gasteiger partial charge in [0.25, 0.3) is 0 Å². The van der Waals surface area contributed by atoms with Gasteiger partial charge in [-0.15, -0.1) is 0 Å². The first-order valence-corrected chi connectivity index (χ1v) is 6.24. The lowest BCUT2D eigenvalue weighted by Gasteiger charge is -2.22. The fraction of sp³-hybridized carbons (Fsp3) is 0.500. The van der Waals surface area contributed by atoms with Crippen molar-refractivity contribution >= 4 is 17.3 Å². The van der Waals surface area contributed by atoms with Crippen molar-refractivity contribution in [3.05, 3.63) is 23.8 Å². The molecule has 4 nitrogen and oxygen atoms in total. The lowest BCUT2D eigenvalue weighted by Crippen LogP contribution is -2.24. The molecule has 0 aliphatic carbocycles. The highest BCUT2D eigenvalue weighted by Crippen LogP contribution is 2.22. The largest absolute Gasteiger partial charge is 0.465 e. The Balaban J connectivity index is 2.98. The Labute approximate surface area is 109 Å². The zero-order valence-electron chi connectivity index (χ0n) is 11.5. The summed E-state index contributed by atoms with van der Waals surface area (Å²) >= 11 is 0. The Hall–Kier alpha value is -1.71. The summed E-state index contributed by atoms with van der Waals surface area (Å²) in [6, 6.07) is 5.51.